The summed E-state index contributed by atoms with van der Waals surface area (Å²) >= 11 is 0. The Hall–Kier alpha value is -4.33. The first-order chi connectivity index (χ1) is 17.6. The van der Waals surface area contributed by atoms with E-state index < -0.39 is 23.6 Å². The largest absolute Gasteiger partial charge is 0.386 e. The maximum absolute atomic E-state index is 14.0. The third kappa shape index (κ3) is 3.62. The molecule has 0 bridgehead atoms. The molecule has 0 aromatic heterocycles. The Morgan fingerprint density at radius 3 is 1.55 bits per heavy atom. The van der Waals surface area contributed by atoms with Crippen LogP contribution in [0.25, 0.3) is 10.8 Å². The van der Waals surface area contributed by atoms with Gasteiger partial charge in [-0.3, -0.25) is 29.5 Å². The summed E-state index contributed by atoms with van der Waals surface area (Å²) in [5.41, 5.74) is 8.17. The molecule has 2 aliphatic rings. The molecule has 0 spiro atoms. The van der Waals surface area contributed by atoms with Gasteiger partial charge in [-0.15, -0.1) is 0 Å². The van der Waals surface area contributed by atoms with Crippen LogP contribution in [-0.4, -0.2) is 40.9 Å². The topological polar surface area (TPSA) is 125 Å². The fourth-order valence-electron chi connectivity index (χ4n) is 5.27. The summed E-state index contributed by atoms with van der Waals surface area (Å²) in [6, 6.07) is 12.0. The van der Waals surface area contributed by atoms with Gasteiger partial charge in [-0.2, -0.15) is 0 Å². The lowest BCUT2D eigenvalue weighted by atomic mass is 9.80. The van der Waals surface area contributed by atoms with Crippen molar-refractivity contribution < 1.29 is 19.2 Å². The van der Waals surface area contributed by atoms with Crippen molar-refractivity contribution in [3.63, 3.8) is 0 Å². The van der Waals surface area contributed by atoms with Crippen LogP contribution in [-0.2, 0) is 10.8 Å². The van der Waals surface area contributed by atoms with Gasteiger partial charge in [0.2, 0.25) is 0 Å². The summed E-state index contributed by atoms with van der Waals surface area (Å²) in [5.74, 6) is -2.57. The van der Waals surface area contributed by atoms with Gasteiger partial charge in [0, 0.05) is 33.0 Å². The van der Waals surface area contributed by atoms with Crippen LogP contribution in [0.5, 0.6) is 0 Å². The zero-order chi connectivity index (χ0) is 27.9. The number of nitrogens with one attached hydrogen (secondary N) is 1. The molecule has 0 fully saturated rings. The smallest absolute Gasteiger partial charge is 0.265 e. The van der Waals surface area contributed by atoms with Crippen LogP contribution < -0.4 is 10.6 Å². The fraction of sp³-hybridized carbons (Fsp3) is 0.300. The van der Waals surface area contributed by atoms with Gasteiger partial charge < -0.3 is 5.73 Å². The van der Waals surface area contributed by atoms with Crippen molar-refractivity contribution in [2.24, 2.45) is 5.73 Å². The van der Waals surface area contributed by atoms with Crippen molar-refractivity contribution >= 4 is 45.9 Å². The standard InChI is InChI=1S/C30H30N4O4/c1-29(2,3)15-7-12-20(30(4,5)6)21(13-15)34-27(37)18-10-8-16-23-17(9-11-19(24(18)23)28(34)38)26(36)33(25(16)35)14-22(31)32/h7-13H,14H2,1-6H3,(H3,31,32). The van der Waals surface area contributed by atoms with Crippen molar-refractivity contribution in [2.45, 2.75) is 52.4 Å². The summed E-state index contributed by atoms with van der Waals surface area (Å²) < 4.78 is 0. The minimum Gasteiger partial charge on any atom is -0.386 e. The third-order valence-electron chi connectivity index (χ3n) is 7.22. The number of anilines is 1. The Bertz CT molecular complexity index is 1550. The van der Waals surface area contributed by atoms with Crippen LogP contribution in [0.2, 0.25) is 0 Å². The van der Waals surface area contributed by atoms with E-state index in [-0.39, 0.29) is 50.9 Å². The van der Waals surface area contributed by atoms with Crippen molar-refractivity contribution in [2.75, 3.05) is 11.4 Å². The number of nitrogens with zero attached hydrogens (tertiary/aromatic N) is 2. The summed E-state index contributed by atoms with van der Waals surface area (Å²) in [7, 11) is 0. The zero-order valence-corrected chi connectivity index (χ0v) is 22.4. The molecular weight excluding hydrogens is 480 g/mol. The summed E-state index contributed by atoms with van der Waals surface area (Å²) in [6.45, 7) is 12.0. The SMILES string of the molecule is CC(C)(C)c1ccc(C(C)(C)C)c(N2C(=O)c3ccc4c5c(ccc(c35)C2=O)C(=O)N(CC(=N)N)C4=O)c1. The number of rotatable bonds is 3. The molecule has 2 aliphatic heterocycles. The Morgan fingerprint density at radius 2 is 1.16 bits per heavy atom. The van der Waals surface area contributed by atoms with Crippen molar-refractivity contribution in [1.29, 1.82) is 5.41 Å². The van der Waals surface area contributed by atoms with E-state index in [1.54, 1.807) is 0 Å². The predicted molar refractivity (Wildman–Crippen MR) is 146 cm³/mol. The lowest BCUT2D eigenvalue weighted by molar-refractivity contribution is 0.0632. The van der Waals surface area contributed by atoms with Crippen LogP contribution in [0.1, 0.15) is 94.1 Å². The van der Waals surface area contributed by atoms with Crippen LogP contribution >= 0.6 is 0 Å². The average Bonchev–Trinajstić information content (AvgIpc) is 2.82. The van der Waals surface area contributed by atoms with E-state index in [1.807, 2.05) is 39.0 Å². The molecule has 0 saturated carbocycles. The molecule has 2 heterocycles. The zero-order valence-electron chi connectivity index (χ0n) is 22.4. The first-order valence-electron chi connectivity index (χ1n) is 12.5. The van der Waals surface area contributed by atoms with Crippen LogP contribution in [0, 0.1) is 5.41 Å². The minimum absolute atomic E-state index is 0.195. The normalized spacial score (nSPS) is 15.5. The van der Waals surface area contributed by atoms with Gasteiger partial charge in [0.25, 0.3) is 23.6 Å². The molecule has 194 valence electrons. The highest BCUT2D eigenvalue weighted by Crippen LogP contribution is 2.42. The molecule has 8 nitrogen and oxygen atoms in total. The van der Waals surface area contributed by atoms with Crippen molar-refractivity contribution in [1.82, 2.24) is 4.90 Å². The quantitative estimate of drug-likeness (QED) is 0.298. The number of benzene rings is 3. The van der Waals surface area contributed by atoms with Gasteiger partial charge >= 0.3 is 0 Å². The van der Waals surface area contributed by atoms with Crippen LogP contribution in [0.15, 0.2) is 42.5 Å². The maximum atomic E-state index is 14.0. The van der Waals surface area contributed by atoms with Crippen molar-refractivity contribution in [3.05, 3.63) is 75.8 Å². The van der Waals surface area contributed by atoms with Gasteiger partial charge in [-0.05, 0) is 52.3 Å². The highest BCUT2D eigenvalue weighted by molar-refractivity contribution is 6.39. The Labute approximate surface area is 220 Å². The van der Waals surface area contributed by atoms with Crippen LogP contribution in [0.4, 0.5) is 5.69 Å². The number of hydrogen-bond donors (Lipinski definition) is 2. The summed E-state index contributed by atoms with van der Waals surface area (Å²) in [5, 5.41) is 8.15. The molecular formula is C30H30N4O4. The molecule has 0 unspecified atom stereocenters. The molecule has 0 saturated heterocycles. The molecule has 0 aliphatic carbocycles. The molecule has 3 aromatic rings. The second kappa shape index (κ2) is 8.08. The minimum atomic E-state index is -0.614. The molecule has 3 aromatic carbocycles. The number of hydrogen-bond acceptors (Lipinski definition) is 5. The molecule has 0 atom stereocenters. The first-order valence-corrected chi connectivity index (χ1v) is 12.5. The molecule has 8 heteroatoms. The van der Waals surface area contributed by atoms with Gasteiger partial charge in [0.1, 0.15) is 5.84 Å². The van der Waals surface area contributed by atoms with E-state index in [1.165, 1.54) is 29.2 Å². The number of nitrogens with two attached hydrogens (primary N) is 1. The molecule has 38 heavy (non-hydrogen) atoms. The maximum Gasteiger partial charge on any atom is 0.265 e. The lowest BCUT2D eigenvalue weighted by Crippen LogP contribution is -2.46. The van der Waals surface area contributed by atoms with E-state index in [4.69, 9.17) is 11.1 Å². The van der Waals surface area contributed by atoms with E-state index in [9.17, 15) is 19.2 Å². The summed E-state index contributed by atoms with van der Waals surface area (Å²) in [4.78, 5) is 56.6. The average molecular weight is 511 g/mol. The van der Waals surface area contributed by atoms with Crippen molar-refractivity contribution in [3.8, 4) is 0 Å². The monoisotopic (exact) mass is 510 g/mol. The Balaban J connectivity index is 1.75. The molecule has 0 radical (unpaired) electrons. The van der Waals surface area contributed by atoms with E-state index in [2.05, 4.69) is 20.8 Å². The predicted octanol–water partition coefficient (Wildman–Crippen LogP) is 4.77. The Morgan fingerprint density at radius 1 is 0.711 bits per heavy atom. The fourth-order valence-corrected chi connectivity index (χ4v) is 5.27. The van der Waals surface area contributed by atoms with Gasteiger partial charge in [-0.25, -0.2) is 4.90 Å². The number of amides is 4. The third-order valence-corrected chi connectivity index (χ3v) is 7.22. The number of carbonyl (C=O) groups excluding carboxylic acids is 4. The lowest BCUT2D eigenvalue weighted by Gasteiger charge is -2.35. The van der Waals surface area contributed by atoms with Gasteiger partial charge in [-0.1, -0.05) is 53.7 Å². The second-order valence-electron chi connectivity index (χ2n) is 12.0. The second-order valence-corrected chi connectivity index (χ2v) is 12.0. The Kier molecular flexibility index (Phi) is 5.39. The van der Waals surface area contributed by atoms with E-state index >= 15 is 0 Å². The van der Waals surface area contributed by atoms with E-state index in [0.717, 1.165) is 16.0 Å². The molecule has 4 amide bonds. The number of imide groups is 2. The molecule has 3 N–H and O–H groups in total. The molecule has 5 rings (SSSR count). The summed E-state index contributed by atoms with van der Waals surface area (Å²) in [6.07, 6.45) is 0. The van der Waals surface area contributed by atoms with Gasteiger partial charge in [0.05, 0.1) is 12.2 Å². The highest BCUT2D eigenvalue weighted by Gasteiger charge is 2.41. The van der Waals surface area contributed by atoms with E-state index in [0.29, 0.717) is 11.1 Å². The number of amidine groups is 1. The first kappa shape index (κ1) is 25.3. The number of carbonyl (C=O) groups is 4. The van der Waals surface area contributed by atoms with Crippen LogP contribution in [0.3, 0.4) is 0 Å². The highest BCUT2D eigenvalue weighted by atomic mass is 16.2. The van der Waals surface area contributed by atoms with Gasteiger partial charge in [0.15, 0.2) is 0 Å².